The number of para-hydroxylation sites is 1. The summed E-state index contributed by atoms with van der Waals surface area (Å²) < 4.78 is 22.3. The summed E-state index contributed by atoms with van der Waals surface area (Å²) in [6.45, 7) is 1.65. The number of carbonyl (C=O) groups is 1. The number of hydrogen-bond donors (Lipinski definition) is 2. The molecule has 0 bridgehead atoms. The number of aryl methyl sites for hydroxylation is 1. The van der Waals surface area contributed by atoms with E-state index in [-0.39, 0.29) is 22.7 Å². The topological polar surface area (TPSA) is 132 Å². The number of carbonyl (C=O) groups excluding carboxylic acids is 1. The summed E-state index contributed by atoms with van der Waals surface area (Å²) in [6.07, 6.45) is 0. The van der Waals surface area contributed by atoms with E-state index in [2.05, 4.69) is 5.32 Å². The number of hydrogen-bond acceptors (Lipinski definition) is 5. The van der Waals surface area contributed by atoms with Gasteiger partial charge in [0.2, 0.25) is 10.0 Å². The Balaban J connectivity index is 2.15. The Bertz CT molecular complexity index is 892. The Morgan fingerprint density at radius 3 is 2.38 bits per heavy atom. The van der Waals surface area contributed by atoms with Gasteiger partial charge in [0.1, 0.15) is 5.56 Å². The van der Waals surface area contributed by atoms with E-state index in [0.29, 0.717) is 11.1 Å². The van der Waals surface area contributed by atoms with Gasteiger partial charge >= 0.3 is 0 Å². The smallest absolute Gasteiger partial charge is 0.285 e. The summed E-state index contributed by atoms with van der Waals surface area (Å²) in [7, 11) is -3.78. The predicted octanol–water partition coefficient (Wildman–Crippen LogP) is 1.48. The van der Waals surface area contributed by atoms with Crippen molar-refractivity contribution in [2.24, 2.45) is 5.14 Å². The molecule has 2 aromatic carbocycles. The number of nitro groups is 1. The number of amides is 1. The zero-order chi connectivity index (χ0) is 17.9. The highest BCUT2D eigenvalue weighted by molar-refractivity contribution is 7.89. The lowest BCUT2D eigenvalue weighted by Crippen LogP contribution is -2.24. The van der Waals surface area contributed by atoms with Gasteiger partial charge in [-0.05, 0) is 30.7 Å². The fourth-order valence-electron chi connectivity index (χ4n) is 2.16. The predicted molar refractivity (Wildman–Crippen MR) is 86.8 cm³/mol. The van der Waals surface area contributed by atoms with Crippen molar-refractivity contribution >= 4 is 21.6 Å². The van der Waals surface area contributed by atoms with Crippen molar-refractivity contribution in [1.82, 2.24) is 5.32 Å². The van der Waals surface area contributed by atoms with Gasteiger partial charge in [0.25, 0.3) is 11.6 Å². The summed E-state index contributed by atoms with van der Waals surface area (Å²) >= 11 is 0. The molecular formula is C15H15N3O5S. The molecule has 0 radical (unpaired) electrons. The number of nitro benzene ring substituents is 1. The van der Waals surface area contributed by atoms with Gasteiger partial charge in [-0.25, -0.2) is 13.6 Å². The van der Waals surface area contributed by atoms with Crippen LogP contribution in [0, 0.1) is 17.0 Å². The number of rotatable bonds is 5. The van der Waals surface area contributed by atoms with E-state index >= 15 is 0 Å². The summed E-state index contributed by atoms with van der Waals surface area (Å²) in [5, 5.41) is 18.7. The third kappa shape index (κ3) is 3.94. The summed E-state index contributed by atoms with van der Waals surface area (Å²) in [5.74, 6) is -0.582. The fraction of sp³-hybridized carbons (Fsp3) is 0.133. The molecule has 0 fully saturated rings. The summed E-state index contributed by atoms with van der Waals surface area (Å²) in [5.41, 5.74) is 0.761. The lowest BCUT2D eigenvalue weighted by molar-refractivity contribution is -0.385. The zero-order valence-electron chi connectivity index (χ0n) is 12.7. The molecule has 0 saturated carbocycles. The van der Waals surface area contributed by atoms with Crippen molar-refractivity contribution in [3.05, 3.63) is 69.3 Å². The van der Waals surface area contributed by atoms with Gasteiger partial charge in [-0.2, -0.15) is 0 Å². The molecule has 24 heavy (non-hydrogen) atoms. The van der Waals surface area contributed by atoms with Crippen LogP contribution in [-0.4, -0.2) is 19.2 Å². The minimum absolute atomic E-state index is 0.0267. The third-order valence-corrected chi connectivity index (χ3v) is 4.30. The molecule has 0 aliphatic rings. The van der Waals surface area contributed by atoms with E-state index in [1.807, 2.05) is 0 Å². The van der Waals surface area contributed by atoms with E-state index in [0.717, 1.165) is 0 Å². The molecule has 0 spiro atoms. The molecule has 0 heterocycles. The van der Waals surface area contributed by atoms with Gasteiger partial charge in [-0.15, -0.1) is 0 Å². The van der Waals surface area contributed by atoms with Crippen LogP contribution in [0.3, 0.4) is 0 Å². The lowest BCUT2D eigenvalue weighted by Gasteiger charge is -2.08. The van der Waals surface area contributed by atoms with Crippen LogP contribution in [0.25, 0.3) is 0 Å². The van der Waals surface area contributed by atoms with Crippen LogP contribution in [0.2, 0.25) is 0 Å². The number of primary sulfonamides is 1. The molecule has 0 aliphatic carbocycles. The maximum Gasteiger partial charge on any atom is 0.285 e. The highest BCUT2D eigenvalue weighted by Crippen LogP contribution is 2.23. The molecule has 0 unspecified atom stereocenters. The molecule has 8 nitrogen and oxygen atoms in total. The number of benzene rings is 2. The molecule has 2 rings (SSSR count). The van der Waals surface area contributed by atoms with Gasteiger partial charge in [0.05, 0.1) is 9.82 Å². The van der Waals surface area contributed by atoms with Crippen molar-refractivity contribution in [1.29, 1.82) is 0 Å². The van der Waals surface area contributed by atoms with Gasteiger partial charge < -0.3 is 5.32 Å². The van der Waals surface area contributed by atoms with Crippen LogP contribution >= 0.6 is 0 Å². The number of nitrogens with two attached hydrogens (primary N) is 1. The van der Waals surface area contributed by atoms with Crippen LogP contribution < -0.4 is 10.5 Å². The second kappa shape index (κ2) is 6.77. The summed E-state index contributed by atoms with van der Waals surface area (Å²) in [4.78, 5) is 22.7. The normalized spacial score (nSPS) is 11.1. The van der Waals surface area contributed by atoms with Crippen molar-refractivity contribution in [2.45, 2.75) is 18.4 Å². The minimum atomic E-state index is -3.78. The van der Waals surface area contributed by atoms with Crippen LogP contribution in [-0.2, 0) is 16.6 Å². The first-order chi connectivity index (χ1) is 11.2. The number of sulfonamides is 1. The molecule has 0 aliphatic heterocycles. The fourth-order valence-corrected chi connectivity index (χ4v) is 2.67. The Hall–Kier alpha value is -2.78. The molecule has 3 N–H and O–H groups in total. The maximum absolute atomic E-state index is 12.2. The van der Waals surface area contributed by atoms with Crippen LogP contribution in [0.4, 0.5) is 5.69 Å². The number of nitrogens with one attached hydrogen (secondary N) is 1. The standard InChI is InChI=1S/C15H15N3O5S/c1-10-3-2-4-13(14(10)18(20)21)15(19)17-9-11-5-7-12(8-6-11)24(16,22)23/h2-8H,9H2,1H3,(H,17,19)(H2,16,22,23). The van der Waals surface area contributed by atoms with E-state index in [4.69, 9.17) is 5.14 Å². The first-order valence-electron chi connectivity index (χ1n) is 6.84. The second-order valence-corrected chi connectivity index (χ2v) is 6.66. The largest absolute Gasteiger partial charge is 0.348 e. The van der Waals surface area contributed by atoms with E-state index in [1.54, 1.807) is 19.1 Å². The summed E-state index contributed by atoms with van der Waals surface area (Å²) in [6, 6.07) is 10.2. The van der Waals surface area contributed by atoms with Crippen LogP contribution in [0.1, 0.15) is 21.5 Å². The van der Waals surface area contributed by atoms with E-state index in [9.17, 15) is 23.3 Å². The van der Waals surface area contributed by atoms with Crippen molar-refractivity contribution in [3.8, 4) is 0 Å². The molecule has 0 saturated heterocycles. The second-order valence-electron chi connectivity index (χ2n) is 5.10. The average Bonchev–Trinajstić information content (AvgIpc) is 2.51. The lowest BCUT2D eigenvalue weighted by atomic mass is 10.1. The maximum atomic E-state index is 12.2. The third-order valence-electron chi connectivity index (χ3n) is 3.37. The quantitative estimate of drug-likeness (QED) is 0.623. The monoisotopic (exact) mass is 349 g/mol. The Morgan fingerprint density at radius 1 is 1.21 bits per heavy atom. The molecule has 0 atom stereocenters. The van der Waals surface area contributed by atoms with E-state index < -0.39 is 20.9 Å². The van der Waals surface area contributed by atoms with Crippen molar-refractivity contribution in [2.75, 3.05) is 0 Å². The molecule has 1 amide bonds. The molecule has 9 heteroatoms. The minimum Gasteiger partial charge on any atom is -0.348 e. The van der Waals surface area contributed by atoms with Gasteiger partial charge in [0.15, 0.2) is 0 Å². The Kier molecular flexibility index (Phi) is 4.96. The van der Waals surface area contributed by atoms with E-state index in [1.165, 1.54) is 30.3 Å². The average molecular weight is 349 g/mol. The molecule has 2 aromatic rings. The SMILES string of the molecule is Cc1cccc(C(=O)NCc2ccc(S(N)(=O)=O)cc2)c1[N+](=O)[O-]. The molecule has 126 valence electrons. The van der Waals surface area contributed by atoms with Crippen LogP contribution in [0.5, 0.6) is 0 Å². The highest BCUT2D eigenvalue weighted by atomic mass is 32.2. The van der Waals surface area contributed by atoms with Gasteiger partial charge in [-0.3, -0.25) is 14.9 Å². The van der Waals surface area contributed by atoms with Gasteiger partial charge in [0, 0.05) is 12.1 Å². The first-order valence-corrected chi connectivity index (χ1v) is 8.38. The Labute approximate surface area is 138 Å². The van der Waals surface area contributed by atoms with Crippen LogP contribution in [0.15, 0.2) is 47.4 Å². The Morgan fingerprint density at radius 2 is 1.83 bits per heavy atom. The highest BCUT2D eigenvalue weighted by Gasteiger charge is 2.22. The number of nitrogens with zero attached hydrogens (tertiary/aromatic N) is 1. The molecule has 0 aromatic heterocycles. The van der Waals surface area contributed by atoms with Crippen molar-refractivity contribution < 1.29 is 18.1 Å². The molecular weight excluding hydrogens is 334 g/mol. The zero-order valence-corrected chi connectivity index (χ0v) is 13.5. The van der Waals surface area contributed by atoms with Crippen molar-refractivity contribution in [3.63, 3.8) is 0 Å². The first kappa shape index (κ1) is 17.6. The van der Waals surface area contributed by atoms with Gasteiger partial charge in [-0.1, -0.05) is 24.3 Å².